The molecule has 1 saturated carbocycles. The van der Waals surface area contributed by atoms with E-state index < -0.39 is 5.54 Å². The Morgan fingerprint density at radius 2 is 2.36 bits per heavy atom. The molecule has 4 heteroatoms. The summed E-state index contributed by atoms with van der Waals surface area (Å²) in [4.78, 5) is 10.8. The molecule has 1 rings (SSSR count). The van der Waals surface area contributed by atoms with E-state index in [1.165, 1.54) is 7.11 Å². The number of carbonyl (C=O) groups is 1. The van der Waals surface area contributed by atoms with E-state index in [0.717, 1.165) is 0 Å². The van der Waals surface area contributed by atoms with E-state index in [1.54, 1.807) is 0 Å². The summed E-state index contributed by atoms with van der Waals surface area (Å²) in [5.41, 5.74) is 5.10. The predicted molar refractivity (Wildman–Crippen MR) is 38.7 cm³/mol. The van der Waals surface area contributed by atoms with E-state index >= 15 is 0 Å². The van der Waals surface area contributed by atoms with Crippen molar-refractivity contribution in [1.29, 1.82) is 0 Å². The van der Waals surface area contributed by atoms with Gasteiger partial charge in [-0.25, -0.2) is 0 Å². The highest BCUT2D eigenvalue weighted by molar-refractivity contribution is 5.73. The van der Waals surface area contributed by atoms with Gasteiger partial charge < -0.3 is 15.6 Å². The monoisotopic (exact) mass is 159 g/mol. The molecule has 0 radical (unpaired) electrons. The van der Waals surface area contributed by atoms with Crippen LogP contribution in [0.25, 0.3) is 0 Å². The van der Waals surface area contributed by atoms with Crippen LogP contribution in [0, 0.1) is 5.92 Å². The maximum Gasteiger partial charge on any atom is 0.308 e. The molecule has 3 N–H and O–H groups in total. The lowest BCUT2D eigenvalue weighted by molar-refractivity contribution is -0.151. The molecular formula is C7H13NO3. The Labute approximate surface area is 65.3 Å². The van der Waals surface area contributed by atoms with E-state index in [9.17, 15) is 4.79 Å². The fourth-order valence-electron chi connectivity index (χ4n) is 1.38. The van der Waals surface area contributed by atoms with Crippen molar-refractivity contribution in [2.24, 2.45) is 11.7 Å². The van der Waals surface area contributed by atoms with Crippen LogP contribution in [0.2, 0.25) is 0 Å². The molecule has 0 heterocycles. The second-order valence-corrected chi connectivity index (χ2v) is 3.15. The standard InChI is InChI=1S/C7H13NO3/c1-11-6(10)5-2-7(8,3-5)4-9/h5,9H,2-4,8H2,1H3. The largest absolute Gasteiger partial charge is 0.469 e. The summed E-state index contributed by atoms with van der Waals surface area (Å²) in [6.45, 7) is -0.0551. The third kappa shape index (κ3) is 1.52. The molecule has 1 fully saturated rings. The number of nitrogens with two attached hydrogens (primary N) is 1. The van der Waals surface area contributed by atoms with Crippen LogP contribution in [-0.4, -0.2) is 30.3 Å². The molecule has 0 spiro atoms. The van der Waals surface area contributed by atoms with E-state index in [1.807, 2.05) is 0 Å². The van der Waals surface area contributed by atoms with E-state index in [2.05, 4.69) is 4.74 Å². The Kier molecular flexibility index (Phi) is 2.15. The maximum absolute atomic E-state index is 10.8. The molecule has 0 unspecified atom stereocenters. The fourth-order valence-corrected chi connectivity index (χ4v) is 1.38. The van der Waals surface area contributed by atoms with Crippen molar-refractivity contribution in [2.75, 3.05) is 13.7 Å². The molecule has 0 aromatic carbocycles. The van der Waals surface area contributed by atoms with Crippen LogP contribution in [-0.2, 0) is 9.53 Å². The summed E-state index contributed by atoms with van der Waals surface area (Å²) in [5, 5.41) is 8.74. The van der Waals surface area contributed by atoms with Crippen LogP contribution in [0.5, 0.6) is 0 Å². The first-order chi connectivity index (χ1) is 5.11. The van der Waals surface area contributed by atoms with Crippen LogP contribution in [0.15, 0.2) is 0 Å². The lowest BCUT2D eigenvalue weighted by atomic mass is 9.69. The van der Waals surface area contributed by atoms with Gasteiger partial charge in [0.2, 0.25) is 0 Å². The normalized spacial score (nSPS) is 36.1. The topological polar surface area (TPSA) is 72.5 Å². The molecule has 1 aliphatic carbocycles. The Morgan fingerprint density at radius 3 is 2.73 bits per heavy atom. The first kappa shape index (κ1) is 8.49. The van der Waals surface area contributed by atoms with Gasteiger partial charge in [-0.3, -0.25) is 4.79 Å². The van der Waals surface area contributed by atoms with Gasteiger partial charge in [0.25, 0.3) is 0 Å². The fraction of sp³-hybridized carbons (Fsp3) is 0.857. The van der Waals surface area contributed by atoms with Gasteiger partial charge >= 0.3 is 5.97 Å². The first-order valence-electron chi connectivity index (χ1n) is 3.59. The van der Waals surface area contributed by atoms with Crippen molar-refractivity contribution in [3.8, 4) is 0 Å². The van der Waals surface area contributed by atoms with Crippen molar-refractivity contribution < 1.29 is 14.6 Å². The number of rotatable bonds is 2. The number of methoxy groups -OCH3 is 1. The second kappa shape index (κ2) is 2.79. The molecule has 0 saturated heterocycles. The summed E-state index contributed by atoms with van der Waals surface area (Å²) >= 11 is 0. The number of aliphatic hydroxyl groups excluding tert-OH is 1. The smallest absolute Gasteiger partial charge is 0.308 e. The number of carbonyl (C=O) groups excluding carboxylic acids is 1. The second-order valence-electron chi connectivity index (χ2n) is 3.15. The highest BCUT2D eigenvalue weighted by atomic mass is 16.5. The van der Waals surface area contributed by atoms with Gasteiger partial charge in [-0.2, -0.15) is 0 Å². The number of esters is 1. The third-order valence-electron chi connectivity index (χ3n) is 2.16. The van der Waals surface area contributed by atoms with Gasteiger partial charge in [0.15, 0.2) is 0 Å². The van der Waals surface area contributed by atoms with E-state index in [0.29, 0.717) is 12.8 Å². The van der Waals surface area contributed by atoms with Gasteiger partial charge in [-0.05, 0) is 12.8 Å². The predicted octanol–water partition coefficient (Wildman–Crippen LogP) is -0.741. The lowest BCUT2D eigenvalue weighted by Crippen LogP contribution is -2.56. The molecule has 0 bridgehead atoms. The highest BCUT2D eigenvalue weighted by Crippen LogP contribution is 2.35. The van der Waals surface area contributed by atoms with Gasteiger partial charge in [0.05, 0.1) is 19.6 Å². The third-order valence-corrected chi connectivity index (χ3v) is 2.16. The van der Waals surface area contributed by atoms with Crippen LogP contribution in [0.3, 0.4) is 0 Å². The zero-order chi connectivity index (χ0) is 8.48. The van der Waals surface area contributed by atoms with Crippen molar-refractivity contribution in [3.05, 3.63) is 0 Å². The zero-order valence-electron chi connectivity index (χ0n) is 6.54. The summed E-state index contributed by atoms with van der Waals surface area (Å²) in [7, 11) is 1.36. The molecule has 4 nitrogen and oxygen atoms in total. The molecule has 0 atom stereocenters. The molecule has 0 aromatic rings. The van der Waals surface area contributed by atoms with Crippen LogP contribution >= 0.6 is 0 Å². The lowest BCUT2D eigenvalue weighted by Gasteiger charge is -2.41. The van der Waals surface area contributed by atoms with E-state index in [-0.39, 0.29) is 18.5 Å². The summed E-state index contributed by atoms with van der Waals surface area (Å²) < 4.78 is 4.52. The molecule has 0 aromatic heterocycles. The average Bonchev–Trinajstić information content (AvgIpc) is 1.97. The summed E-state index contributed by atoms with van der Waals surface area (Å²) in [6, 6.07) is 0. The SMILES string of the molecule is COC(=O)C1CC(N)(CO)C1. The molecule has 11 heavy (non-hydrogen) atoms. The minimum atomic E-state index is -0.529. The van der Waals surface area contributed by atoms with Crippen molar-refractivity contribution >= 4 is 5.97 Å². The van der Waals surface area contributed by atoms with Crippen molar-refractivity contribution in [3.63, 3.8) is 0 Å². The number of hydrogen-bond donors (Lipinski definition) is 2. The van der Waals surface area contributed by atoms with Crippen LogP contribution in [0.4, 0.5) is 0 Å². The number of ether oxygens (including phenoxy) is 1. The summed E-state index contributed by atoms with van der Waals surface area (Å²) in [6.07, 6.45) is 1.08. The minimum Gasteiger partial charge on any atom is -0.469 e. The van der Waals surface area contributed by atoms with Crippen LogP contribution in [0.1, 0.15) is 12.8 Å². The Hall–Kier alpha value is -0.610. The van der Waals surface area contributed by atoms with Gasteiger partial charge in [0, 0.05) is 5.54 Å². The summed E-state index contributed by atoms with van der Waals surface area (Å²) in [5.74, 6) is -0.323. The molecule has 1 aliphatic rings. The minimum absolute atomic E-state index is 0.0551. The zero-order valence-corrected chi connectivity index (χ0v) is 6.54. The first-order valence-corrected chi connectivity index (χ1v) is 3.59. The molecule has 0 aliphatic heterocycles. The molecular weight excluding hydrogens is 146 g/mol. The quantitative estimate of drug-likeness (QED) is 0.520. The number of aliphatic hydroxyl groups is 1. The van der Waals surface area contributed by atoms with Gasteiger partial charge in [0.1, 0.15) is 0 Å². The number of hydrogen-bond acceptors (Lipinski definition) is 4. The maximum atomic E-state index is 10.8. The van der Waals surface area contributed by atoms with Gasteiger partial charge in [-0.1, -0.05) is 0 Å². The van der Waals surface area contributed by atoms with Crippen molar-refractivity contribution in [2.45, 2.75) is 18.4 Å². The van der Waals surface area contributed by atoms with Gasteiger partial charge in [-0.15, -0.1) is 0 Å². The Bertz CT molecular complexity index is 163. The molecule has 64 valence electrons. The van der Waals surface area contributed by atoms with E-state index in [4.69, 9.17) is 10.8 Å². The highest BCUT2D eigenvalue weighted by Gasteiger charge is 2.44. The molecule has 0 amide bonds. The van der Waals surface area contributed by atoms with Crippen LogP contribution < -0.4 is 5.73 Å². The van der Waals surface area contributed by atoms with Crippen molar-refractivity contribution in [1.82, 2.24) is 0 Å². The average molecular weight is 159 g/mol. The Balaban J connectivity index is 2.34. The Morgan fingerprint density at radius 1 is 1.82 bits per heavy atom.